The Morgan fingerprint density at radius 3 is 2.39 bits per heavy atom. The first-order valence-electron chi connectivity index (χ1n) is 7.68. The van der Waals surface area contributed by atoms with Gasteiger partial charge in [0, 0.05) is 24.2 Å². The molecule has 2 aromatic rings. The third-order valence-corrected chi connectivity index (χ3v) is 3.68. The third-order valence-electron chi connectivity index (χ3n) is 3.68. The quantitative estimate of drug-likeness (QED) is 0.889. The van der Waals surface area contributed by atoms with Crippen LogP contribution in [0.25, 0.3) is 0 Å². The first kappa shape index (κ1) is 16.7. The van der Waals surface area contributed by atoms with Crippen LogP contribution < -0.4 is 10.6 Å². The zero-order chi connectivity index (χ0) is 16.8. The highest BCUT2D eigenvalue weighted by Gasteiger charge is 2.09. The Bertz CT molecular complexity index is 723. The molecule has 23 heavy (non-hydrogen) atoms. The summed E-state index contributed by atoms with van der Waals surface area (Å²) in [7, 11) is 0. The van der Waals surface area contributed by atoms with Gasteiger partial charge in [0.25, 0.3) is 5.91 Å². The smallest absolute Gasteiger partial charge is 0.251 e. The van der Waals surface area contributed by atoms with Crippen molar-refractivity contribution >= 4 is 17.5 Å². The lowest BCUT2D eigenvalue weighted by Crippen LogP contribution is -2.28. The zero-order valence-electron chi connectivity index (χ0n) is 13.8. The molecule has 0 aliphatic carbocycles. The number of hydrogen-bond acceptors (Lipinski definition) is 2. The standard InChI is InChI=1S/C19H22N2O2/c1-13-8-9-17(15(3)12-13)21-18(22)10-11-20-19(23)16-7-5-4-6-14(16)2/h4-9,12H,10-11H2,1-3H3,(H,20,23)(H,21,22). The Labute approximate surface area is 136 Å². The summed E-state index contributed by atoms with van der Waals surface area (Å²) in [6, 6.07) is 13.3. The van der Waals surface area contributed by atoms with Gasteiger partial charge in [-0.25, -0.2) is 0 Å². The van der Waals surface area contributed by atoms with Crippen molar-refractivity contribution in [3.05, 3.63) is 64.7 Å². The summed E-state index contributed by atoms with van der Waals surface area (Å²) in [4.78, 5) is 24.0. The molecule has 0 heterocycles. The van der Waals surface area contributed by atoms with Gasteiger partial charge in [0.05, 0.1) is 0 Å². The summed E-state index contributed by atoms with van der Waals surface area (Å²) in [5.41, 5.74) is 4.56. The normalized spacial score (nSPS) is 10.2. The van der Waals surface area contributed by atoms with Crippen LogP contribution in [-0.4, -0.2) is 18.4 Å². The van der Waals surface area contributed by atoms with Crippen molar-refractivity contribution in [2.75, 3.05) is 11.9 Å². The van der Waals surface area contributed by atoms with Gasteiger partial charge in [0.2, 0.25) is 5.91 Å². The molecule has 0 spiro atoms. The molecule has 2 aromatic carbocycles. The minimum Gasteiger partial charge on any atom is -0.352 e. The van der Waals surface area contributed by atoms with Crippen molar-refractivity contribution in [1.29, 1.82) is 0 Å². The SMILES string of the molecule is Cc1ccc(NC(=O)CCNC(=O)c2ccccc2C)c(C)c1. The molecule has 0 aliphatic rings. The Hall–Kier alpha value is -2.62. The Balaban J connectivity index is 1.83. The summed E-state index contributed by atoms with van der Waals surface area (Å²) in [5, 5.41) is 5.65. The fourth-order valence-electron chi connectivity index (χ4n) is 2.38. The maximum Gasteiger partial charge on any atom is 0.251 e. The van der Waals surface area contributed by atoms with Gasteiger partial charge in [-0.3, -0.25) is 9.59 Å². The number of carbonyl (C=O) groups is 2. The average Bonchev–Trinajstić information content (AvgIpc) is 2.50. The van der Waals surface area contributed by atoms with E-state index in [9.17, 15) is 9.59 Å². The Morgan fingerprint density at radius 1 is 0.957 bits per heavy atom. The number of amides is 2. The van der Waals surface area contributed by atoms with Crippen molar-refractivity contribution < 1.29 is 9.59 Å². The molecule has 0 aromatic heterocycles. The number of anilines is 1. The molecule has 0 atom stereocenters. The zero-order valence-corrected chi connectivity index (χ0v) is 13.8. The second-order valence-electron chi connectivity index (χ2n) is 5.69. The van der Waals surface area contributed by atoms with E-state index in [-0.39, 0.29) is 18.2 Å². The maximum absolute atomic E-state index is 12.1. The van der Waals surface area contributed by atoms with Crippen molar-refractivity contribution in [3.8, 4) is 0 Å². The van der Waals surface area contributed by atoms with E-state index in [0.717, 1.165) is 22.4 Å². The van der Waals surface area contributed by atoms with Crippen LogP contribution in [0.5, 0.6) is 0 Å². The predicted molar refractivity (Wildman–Crippen MR) is 92.7 cm³/mol. The minimum atomic E-state index is -0.151. The molecule has 2 N–H and O–H groups in total. The summed E-state index contributed by atoms with van der Waals surface area (Å²) >= 11 is 0. The predicted octanol–water partition coefficient (Wildman–Crippen LogP) is 3.37. The first-order chi connectivity index (χ1) is 11.0. The maximum atomic E-state index is 12.1. The lowest BCUT2D eigenvalue weighted by molar-refractivity contribution is -0.116. The van der Waals surface area contributed by atoms with Crippen LogP contribution in [0.4, 0.5) is 5.69 Å². The summed E-state index contributed by atoms with van der Waals surface area (Å²) in [5.74, 6) is -0.260. The molecule has 0 aliphatic heterocycles. The van der Waals surface area contributed by atoms with Crippen LogP contribution in [0, 0.1) is 20.8 Å². The van der Waals surface area contributed by atoms with Crippen molar-refractivity contribution in [2.24, 2.45) is 0 Å². The second kappa shape index (κ2) is 7.58. The molecule has 0 unspecified atom stereocenters. The molecule has 2 amide bonds. The monoisotopic (exact) mass is 310 g/mol. The summed E-state index contributed by atoms with van der Waals surface area (Å²) in [6.45, 7) is 6.17. The number of aryl methyl sites for hydroxylation is 3. The average molecular weight is 310 g/mol. The molecule has 0 bridgehead atoms. The first-order valence-corrected chi connectivity index (χ1v) is 7.68. The molecule has 0 fully saturated rings. The van der Waals surface area contributed by atoms with Crippen LogP contribution in [0.1, 0.15) is 33.5 Å². The van der Waals surface area contributed by atoms with Gasteiger partial charge in [-0.15, -0.1) is 0 Å². The van der Waals surface area contributed by atoms with Gasteiger partial charge < -0.3 is 10.6 Å². The highest BCUT2D eigenvalue weighted by atomic mass is 16.2. The fourth-order valence-corrected chi connectivity index (χ4v) is 2.38. The van der Waals surface area contributed by atoms with E-state index < -0.39 is 0 Å². The second-order valence-corrected chi connectivity index (χ2v) is 5.69. The highest BCUT2D eigenvalue weighted by Crippen LogP contribution is 2.16. The molecule has 0 saturated heterocycles. The largest absolute Gasteiger partial charge is 0.352 e. The van der Waals surface area contributed by atoms with E-state index in [1.807, 2.05) is 57.2 Å². The molecule has 4 heteroatoms. The van der Waals surface area contributed by atoms with Gasteiger partial charge in [0.1, 0.15) is 0 Å². The number of carbonyl (C=O) groups excluding carboxylic acids is 2. The highest BCUT2D eigenvalue weighted by molar-refractivity contribution is 5.96. The van der Waals surface area contributed by atoms with Crippen LogP contribution in [0.15, 0.2) is 42.5 Å². The van der Waals surface area contributed by atoms with Crippen molar-refractivity contribution in [3.63, 3.8) is 0 Å². The van der Waals surface area contributed by atoms with E-state index >= 15 is 0 Å². The van der Waals surface area contributed by atoms with Gasteiger partial charge in [-0.1, -0.05) is 35.9 Å². The molecular formula is C19H22N2O2. The fraction of sp³-hybridized carbons (Fsp3) is 0.263. The molecule has 4 nitrogen and oxygen atoms in total. The number of benzene rings is 2. The molecule has 0 saturated carbocycles. The molecule has 0 radical (unpaired) electrons. The van der Waals surface area contributed by atoms with Crippen LogP contribution in [0.3, 0.4) is 0 Å². The number of hydrogen-bond donors (Lipinski definition) is 2. The Kier molecular flexibility index (Phi) is 5.52. The topological polar surface area (TPSA) is 58.2 Å². The van der Waals surface area contributed by atoms with Crippen molar-refractivity contribution in [2.45, 2.75) is 27.2 Å². The van der Waals surface area contributed by atoms with Gasteiger partial charge >= 0.3 is 0 Å². The van der Waals surface area contributed by atoms with E-state index in [1.165, 1.54) is 0 Å². The van der Waals surface area contributed by atoms with Crippen LogP contribution >= 0.6 is 0 Å². The molecule has 2 rings (SSSR count). The Morgan fingerprint density at radius 2 is 1.70 bits per heavy atom. The lowest BCUT2D eigenvalue weighted by atomic mass is 10.1. The van der Waals surface area contributed by atoms with Crippen LogP contribution in [0.2, 0.25) is 0 Å². The molecular weight excluding hydrogens is 288 g/mol. The van der Waals surface area contributed by atoms with Gasteiger partial charge in [0.15, 0.2) is 0 Å². The minimum absolute atomic E-state index is 0.109. The molecule has 120 valence electrons. The summed E-state index contributed by atoms with van der Waals surface area (Å²) < 4.78 is 0. The van der Waals surface area contributed by atoms with E-state index in [0.29, 0.717) is 12.1 Å². The van der Waals surface area contributed by atoms with Gasteiger partial charge in [-0.2, -0.15) is 0 Å². The third kappa shape index (κ3) is 4.68. The van der Waals surface area contributed by atoms with Crippen LogP contribution in [-0.2, 0) is 4.79 Å². The number of rotatable bonds is 5. The van der Waals surface area contributed by atoms with Gasteiger partial charge in [-0.05, 0) is 44.0 Å². The summed E-state index contributed by atoms with van der Waals surface area (Å²) in [6.07, 6.45) is 0.241. The lowest BCUT2D eigenvalue weighted by Gasteiger charge is -2.10. The van der Waals surface area contributed by atoms with E-state index in [1.54, 1.807) is 6.07 Å². The van der Waals surface area contributed by atoms with E-state index in [2.05, 4.69) is 10.6 Å². The number of nitrogens with one attached hydrogen (secondary N) is 2. The van der Waals surface area contributed by atoms with E-state index in [4.69, 9.17) is 0 Å². The van der Waals surface area contributed by atoms with Crippen molar-refractivity contribution in [1.82, 2.24) is 5.32 Å².